The standard InChI is InChI=1S/C24H29ClFNO5/c1-23(2,3)32-22(31)27-18(13-24(4,14-28)21(29)30)11-15-5-7-16(8-6-15)19-12-17(25)9-10-20(19)26/h5-10,12,18,28H,11,13-14H2,1-4H3,(H,27,31)(H,29,30)/t18-,24-/m1/s1. The molecule has 0 heterocycles. The Balaban J connectivity index is 2.24. The Hall–Kier alpha value is -2.64. The summed E-state index contributed by atoms with van der Waals surface area (Å²) in [6.45, 7) is 6.02. The van der Waals surface area contributed by atoms with E-state index in [2.05, 4.69) is 5.32 Å². The van der Waals surface area contributed by atoms with Gasteiger partial charge in [0.15, 0.2) is 0 Å². The van der Waals surface area contributed by atoms with Crippen molar-refractivity contribution in [3.05, 3.63) is 58.9 Å². The highest BCUT2D eigenvalue weighted by molar-refractivity contribution is 6.30. The molecule has 6 nitrogen and oxygen atoms in total. The van der Waals surface area contributed by atoms with Crippen LogP contribution in [0.4, 0.5) is 9.18 Å². The second kappa shape index (κ2) is 10.3. The molecule has 0 saturated carbocycles. The Bertz CT molecular complexity index is 958. The molecule has 8 heteroatoms. The molecular weight excluding hydrogens is 437 g/mol. The first-order valence-electron chi connectivity index (χ1n) is 10.2. The van der Waals surface area contributed by atoms with E-state index in [-0.39, 0.29) is 6.42 Å². The van der Waals surface area contributed by atoms with E-state index in [4.69, 9.17) is 16.3 Å². The maximum Gasteiger partial charge on any atom is 0.407 e. The van der Waals surface area contributed by atoms with E-state index in [1.807, 2.05) is 0 Å². The summed E-state index contributed by atoms with van der Waals surface area (Å²) in [4.78, 5) is 24.0. The third-order valence-corrected chi connectivity index (χ3v) is 5.19. The Morgan fingerprint density at radius 2 is 1.75 bits per heavy atom. The predicted molar refractivity (Wildman–Crippen MR) is 121 cm³/mol. The number of rotatable bonds is 8. The zero-order chi connectivity index (χ0) is 24.1. The first-order valence-corrected chi connectivity index (χ1v) is 10.6. The summed E-state index contributed by atoms with van der Waals surface area (Å²) in [5, 5.41) is 22.3. The van der Waals surface area contributed by atoms with Crippen LogP contribution in [0.5, 0.6) is 0 Å². The quantitative estimate of drug-likeness (QED) is 0.506. The SMILES string of the molecule is CC(C)(C)OC(=O)N[C@H](Cc1ccc(-c2cc(Cl)ccc2F)cc1)C[C@](C)(CO)C(=O)O. The van der Waals surface area contributed by atoms with E-state index >= 15 is 0 Å². The number of hydrogen-bond acceptors (Lipinski definition) is 4. The number of carboxylic acid groups (broad SMARTS) is 1. The number of carbonyl (C=O) groups excluding carboxylic acids is 1. The molecule has 0 spiro atoms. The predicted octanol–water partition coefficient (Wildman–Crippen LogP) is 5.06. The molecule has 0 aliphatic carbocycles. The van der Waals surface area contributed by atoms with Gasteiger partial charge in [0.05, 0.1) is 12.0 Å². The van der Waals surface area contributed by atoms with E-state index in [1.54, 1.807) is 45.0 Å². The third kappa shape index (κ3) is 7.21. The zero-order valence-electron chi connectivity index (χ0n) is 18.6. The smallest absolute Gasteiger partial charge is 0.407 e. The van der Waals surface area contributed by atoms with Gasteiger partial charge in [0.1, 0.15) is 11.4 Å². The van der Waals surface area contributed by atoms with E-state index < -0.39 is 41.5 Å². The maximum atomic E-state index is 14.1. The van der Waals surface area contributed by atoms with Gasteiger partial charge in [-0.1, -0.05) is 35.9 Å². The molecule has 3 N–H and O–H groups in total. The average molecular weight is 466 g/mol. The Kier molecular flexibility index (Phi) is 8.26. The van der Waals surface area contributed by atoms with Crippen LogP contribution in [0, 0.1) is 11.2 Å². The van der Waals surface area contributed by atoms with Crippen LogP contribution in [-0.2, 0) is 16.0 Å². The highest BCUT2D eigenvalue weighted by Crippen LogP contribution is 2.28. The van der Waals surface area contributed by atoms with Crippen molar-refractivity contribution in [2.45, 2.75) is 52.2 Å². The van der Waals surface area contributed by atoms with Crippen molar-refractivity contribution in [2.75, 3.05) is 6.61 Å². The summed E-state index contributed by atoms with van der Waals surface area (Å²) in [6.07, 6.45) is -0.394. The fourth-order valence-electron chi connectivity index (χ4n) is 3.24. The molecular formula is C24H29ClFNO5. The molecule has 174 valence electrons. The number of hydrogen-bond donors (Lipinski definition) is 3. The molecule has 32 heavy (non-hydrogen) atoms. The molecule has 1 amide bonds. The van der Waals surface area contributed by atoms with Crippen molar-refractivity contribution in [2.24, 2.45) is 5.41 Å². The van der Waals surface area contributed by atoms with Crippen molar-refractivity contribution in [3.63, 3.8) is 0 Å². The van der Waals surface area contributed by atoms with Gasteiger partial charge in [0, 0.05) is 16.6 Å². The van der Waals surface area contributed by atoms with E-state index in [0.717, 1.165) is 5.56 Å². The second-order valence-corrected chi connectivity index (χ2v) is 9.53. The molecule has 2 aromatic carbocycles. The molecule has 2 rings (SSSR count). The van der Waals surface area contributed by atoms with E-state index in [9.17, 15) is 24.2 Å². The topological polar surface area (TPSA) is 95.9 Å². The minimum Gasteiger partial charge on any atom is -0.481 e. The van der Waals surface area contributed by atoms with Gasteiger partial charge in [-0.25, -0.2) is 9.18 Å². The monoisotopic (exact) mass is 465 g/mol. The lowest BCUT2D eigenvalue weighted by atomic mass is 9.82. The van der Waals surface area contributed by atoms with Gasteiger partial charge in [0.2, 0.25) is 0 Å². The third-order valence-electron chi connectivity index (χ3n) is 4.96. The fourth-order valence-corrected chi connectivity index (χ4v) is 3.41. The number of amides is 1. The van der Waals surface area contributed by atoms with Crippen molar-refractivity contribution < 1.29 is 28.9 Å². The first-order chi connectivity index (χ1) is 14.8. The van der Waals surface area contributed by atoms with Crippen LogP contribution in [0.2, 0.25) is 5.02 Å². The zero-order valence-corrected chi connectivity index (χ0v) is 19.4. The van der Waals surface area contributed by atoms with Gasteiger partial charge in [-0.05, 0) is 69.9 Å². The Labute approximate surface area is 192 Å². The van der Waals surface area contributed by atoms with Crippen molar-refractivity contribution >= 4 is 23.7 Å². The Morgan fingerprint density at radius 1 is 1.12 bits per heavy atom. The molecule has 0 bridgehead atoms. The van der Waals surface area contributed by atoms with Crippen LogP contribution >= 0.6 is 11.6 Å². The minimum atomic E-state index is -1.44. The van der Waals surface area contributed by atoms with Gasteiger partial charge >= 0.3 is 12.1 Å². The highest BCUT2D eigenvalue weighted by atomic mass is 35.5. The summed E-state index contributed by atoms with van der Waals surface area (Å²) in [6, 6.07) is 10.7. The van der Waals surface area contributed by atoms with Gasteiger partial charge in [-0.3, -0.25) is 4.79 Å². The van der Waals surface area contributed by atoms with Gasteiger partial charge in [-0.15, -0.1) is 0 Å². The molecule has 0 aliphatic rings. The summed E-state index contributed by atoms with van der Waals surface area (Å²) in [7, 11) is 0. The van der Waals surface area contributed by atoms with Crippen LogP contribution in [0.3, 0.4) is 0 Å². The number of halogens is 2. The number of ether oxygens (including phenoxy) is 1. The van der Waals surface area contributed by atoms with Crippen LogP contribution in [-0.4, -0.2) is 40.5 Å². The fraction of sp³-hybridized carbons (Fsp3) is 0.417. The number of aliphatic hydroxyl groups is 1. The largest absolute Gasteiger partial charge is 0.481 e. The van der Waals surface area contributed by atoms with Crippen LogP contribution in [0.25, 0.3) is 11.1 Å². The van der Waals surface area contributed by atoms with E-state index in [1.165, 1.54) is 25.1 Å². The normalized spacial score (nSPS) is 14.3. The summed E-state index contributed by atoms with van der Waals surface area (Å²) in [5.41, 5.74) is -0.362. The lowest BCUT2D eigenvalue weighted by molar-refractivity contribution is -0.151. The minimum absolute atomic E-state index is 0.0112. The van der Waals surface area contributed by atoms with Crippen LogP contribution in [0.1, 0.15) is 39.7 Å². The first kappa shape index (κ1) is 25.6. The molecule has 0 fully saturated rings. The number of alkyl carbamates (subject to hydrolysis) is 1. The van der Waals surface area contributed by atoms with Gasteiger partial charge < -0.3 is 20.3 Å². The summed E-state index contributed by atoms with van der Waals surface area (Å²) < 4.78 is 19.4. The van der Waals surface area contributed by atoms with E-state index in [0.29, 0.717) is 22.6 Å². The number of carbonyl (C=O) groups is 2. The van der Waals surface area contributed by atoms with Crippen LogP contribution in [0.15, 0.2) is 42.5 Å². The number of benzene rings is 2. The average Bonchev–Trinajstić information content (AvgIpc) is 2.68. The molecule has 2 aromatic rings. The van der Waals surface area contributed by atoms with Gasteiger partial charge in [0.25, 0.3) is 0 Å². The Morgan fingerprint density at radius 3 is 2.28 bits per heavy atom. The second-order valence-electron chi connectivity index (χ2n) is 9.10. The molecule has 0 aromatic heterocycles. The van der Waals surface area contributed by atoms with Crippen molar-refractivity contribution in [1.82, 2.24) is 5.32 Å². The molecule has 0 radical (unpaired) electrons. The lowest BCUT2D eigenvalue weighted by Crippen LogP contribution is -2.45. The molecule has 0 saturated heterocycles. The highest BCUT2D eigenvalue weighted by Gasteiger charge is 2.36. The van der Waals surface area contributed by atoms with Crippen LogP contribution < -0.4 is 5.32 Å². The summed E-state index contributed by atoms with van der Waals surface area (Å²) >= 11 is 5.97. The lowest BCUT2D eigenvalue weighted by Gasteiger charge is -2.29. The molecule has 0 aliphatic heterocycles. The number of carboxylic acids is 1. The maximum absolute atomic E-state index is 14.1. The van der Waals surface area contributed by atoms with Crippen molar-refractivity contribution in [3.8, 4) is 11.1 Å². The van der Waals surface area contributed by atoms with Gasteiger partial charge in [-0.2, -0.15) is 0 Å². The van der Waals surface area contributed by atoms with Crippen molar-refractivity contribution in [1.29, 1.82) is 0 Å². The number of aliphatic hydroxyl groups excluding tert-OH is 1. The number of nitrogens with one attached hydrogen (secondary N) is 1. The molecule has 0 unspecified atom stereocenters. The summed E-state index contributed by atoms with van der Waals surface area (Å²) in [5.74, 6) is -1.56. The number of aliphatic carboxylic acids is 1. The molecule has 2 atom stereocenters.